The summed E-state index contributed by atoms with van der Waals surface area (Å²) in [5.41, 5.74) is 31.6. The molecule has 2 heterocycles. The molecule has 0 spiro atoms. The van der Waals surface area contributed by atoms with Crippen molar-refractivity contribution < 1.29 is 4.39 Å². The van der Waals surface area contributed by atoms with Crippen LogP contribution in [-0.2, 0) is 0 Å². The van der Waals surface area contributed by atoms with E-state index in [1.807, 2.05) is 24.3 Å². The smallest absolute Gasteiger partial charge is 0.127 e. The van der Waals surface area contributed by atoms with E-state index in [0.29, 0.717) is 16.9 Å². The summed E-state index contributed by atoms with van der Waals surface area (Å²) in [4.78, 5) is 0. The van der Waals surface area contributed by atoms with Gasteiger partial charge in [0.2, 0.25) is 0 Å². The summed E-state index contributed by atoms with van der Waals surface area (Å²) in [6.45, 7) is 26.2. The molecule has 12 rings (SSSR count). The molecule has 0 N–H and O–H groups in total. The molecule has 0 bridgehead atoms. The molecule has 0 radical (unpaired) electrons. The first-order valence-corrected chi connectivity index (χ1v) is 26.8. The summed E-state index contributed by atoms with van der Waals surface area (Å²) in [5.74, 6) is -0.356. The van der Waals surface area contributed by atoms with Crippen molar-refractivity contribution in [3.63, 3.8) is 0 Å². The zero-order chi connectivity index (χ0) is 53.9. The molecule has 376 valence electrons. The molecule has 0 aliphatic carbocycles. The molecular formula is C73H62FN3. The van der Waals surface area contributed by atoms with Crippen molar-refractivity contribution in [1.82, 2.24) is 9.13 Å². The van der Waals surface area contributed by atoms with Gasteiger partial charge in [-0.15, -0.1) is 0 Å². The minimum absolute atomic E-state index is 0.356. The maximum atomic E-state index is 17.7. The van der Waals surface area contributed by atoms with Crippen LogP contribution in [0, 0.1) is 100 Å². The van der Waals surface area contributed by atoms with Gasteiger partial charge in [0.25, 0.3) is 0 Å². The normalized spacial score (nSPS) is 11.7. The van der Waals surface area contributed by atoms with Crippen LogP contribution in [0.4, 0.5) is 4.39 Å². The SMILES string of the molecule is Cc1cc(C)c(-c2ccc3c(c2)c2ccc(-c4c(C)cc(C)cc4C)cc2n3-c2cc(F)cc(-n3c4ccc(-c5c(C)cc(C)cc5C)cc4c4ccc(-c5c(C)cc(C)cc5C)cc43)c2-c2ccc(C#N)cc2)c(C)c1. The topological polar surface area (TPSA) is 33.6 Å². The van der Waals surface area contributed by atoms with E-state index >= 15 is 4.39 Å². The summed E-state index contributed by atoms with van der Waals surface area (Å²) in [6, 6.07) is 58.9. The molecule has 3 nitrogen and oxygen atoms in total. The lowest BCUT2D eigenvalue weighted by molar-refractivity contribution is 0.626. The maximum absolute atomic E-state index is 17.7. The summed E-state index contributed by atoms with van der Waals surface area (Å²) < 4.78 is 22.3. The van der Waals surface area contributed by atoms with Crippen LogP contribution in [0.5, 0.6) is 0 Å². The first kappa shape index (κ1) is 49.1. The zero-order valence-electron chi connectivity index (χ0n) is 46.2. The lowest BCUT2D eigenvalue weighted by Crippen LogP contribution is -2.05. The Hall–Kier alpha value is -8.78. The van der Waals surface area contributed by atoms with Crippen molar-refractivity contribution in [2.45, 2.75) is 83.1 Å². The van der Waals surface area contributed by atoms with E-state index in [2.05, 4.69) is 220 Å². The fourth-order valence-electron chi connectivity index (χ4n) is 13.7. The summed E-state index contributed by atoms with van der Waals surface area (Å²) in [5, 5.41) is 14.5. The van der Waals surface area contributed by atoms with Crippen molar-refractivity contribution in [2.75, 3.05) is 0 Å². The highest BCUT2D eigenvalue weighted by Crippen LogP contribution is 2.46. The Bertz CT molecular complexity index is 4180. The third-order valence-electron chi connectivity index (χ3n) is 16.2. The van der Waals surface area contributed by atoms with Crippen LogP contribution in [0.3, 0.4) is 0 Å². The van der Waals surface area contributed by atoms with Crippen LogP contribution in [-0.4, -0.2) is 9.13 Å². The number of hydrogen-bond acceptors (Lipinski definition) is 1. The number of aryl methyl sites for hydroxylation is 12. The van der Waals surface area contributed by atoms with E-state index < -0.39 is 0 Å². The first-order chi connectivity index (χ1) is 37.0. The highest BCUT2D eigenvalue weighted by Gasteiger charge is 2.26. The first-order valence-electron chi connectivity index (χ1n) is 26.8. The molecule has 0 atom stereocenters. The van der Waals surface area contributed by atoms with Crippen LogP contribution >= 0.6 is 0 Å². The third kappa shape index (κ3) is 8.16. The van der Waals surface area contributed by atoms with Gasteiger partial charge in [0, 0.05) is 27.1 Å². The van der Waals surface area contributed by atoms with Crippen molar-refractivity contribution in [2.24, 2.45) is 0 Å². The summed E-state index contributed by atoms with van der Waals surface area (Å²) in [6.07, 6.45) is 0. The number of fused-ring (bicyclic) bond motifs is 6. The second-order valence-corrected chi connectivity index (χ2v) is 22.2. The monoisotopic (exact) mass is 999 g/mol. The molecule has 0 fully saturated rings. The molecule has 0 amide bonds. The average Bonchev–Trinajstić information content (AvgIpc) is 4.14. The molecule has 0 saturated carbocycles. The molecule has 2 aromatic heterocycles. The van der Waals surface area contributed by atoms with Crippen molar-refractivity contribution in [1.29, 1.82) is 5.26 Å². The fourth-order valence-corrected chi connectivity index (χ4v) is 13.7. The molecule has 10 aromatic carbocycles. The maximum Gasteiger partial charge on any atom is 0.127 e. The second kappa shape index (κ2) is 18.5. The van der Waals surface area contributed by atoms with Gasteiger partial charge in [0.1, 0.15) is 5.82 Å². The number of rotatable bonds is 7. The van der Waals surface area contributed by atoms with Gasteiger partial charge in [-0.3, -0.25) is 0 Å². The van der Waals surface area contributed by atoms with Crippen LogP contribution < -0.4 is 0 Å². The Kier molecular flexibility index (Phi) is 11.8. The molecule has 12 aromatic rings. The molecule has 0 aliphatic rings. The Balaban J connectivity index is 1.23. The average molecular weight is 1000 g/mol. The zero-order valence-corrected chi connectivity index (χ0v) is 46.2. The number of nitrogens with zero attached hydrogens (tertiary/aromatic N) is 3. The van der Waals surface area contributed by atoms with Crippen LogP contribution in [0.1, 0.15) is 72.3 Å². The van der Waals surface area contributed by atoms with Gasteiger partial charge in [0.15, 0.2) is 0 Å². The molecular weight excluding hydrogens is 938 g/mol. The highest BCUT2D eigenvalue weighted by atomic mass is 19.1. The number of aromatic nitrogens is 2. The van der Waals surface area contributed by atoms with Crippen LogP contribution in [0.2, 0.25) is 0 Å². The molecule has 0 unspecified atom stereocenters. The van der Waals surface area contributed by atoms with E-state index in [0.717, 1.165) is 77.0 Å². The fraction of sp³-hybridized carbons (Fsp3) is 0.164. The molecule has 0 saturated heterocycles. The van der Waals surface area contributed by atoms with E-state index in [4.69, 9.17) is 0 Å². The standard InChI is InChI=1S/C73H62FN3/c1-40-25-44(5)69(45(6)26-40)54-19-23-63-61(33-54)59-21-17-56(71-48(9)29-42(3)30-49(71)10)35-65(59)76(63)67-37-58(74)38-68(73(67)53-15-13-52(39-75)14-16-53)77-64-24-20-55(70-46(7)27-41(2)28-47(70)8)34-62(64)60-22-18-57(36-66(60)77)72-50(11)31-43(4)32-51(72)12/h13-38H,1-12H3. The Morgan fingerprint density at radius 2 is 0.597 bits per heavy atom. The summed E-state index contributed by atoms with van der Waals surface area (Å²) in [7, 11) is 0. The summed E-state index contributed by atoms with van der Waals surface area (Å²) >= 11 is 0. The van der Waals surface area contributed by atoms with Crippen molar-refractivity contribution >= 4 is 43.6 Å². The van der Waals surface area contributed by atoms with E-state index in [-0.39, 0.29) is 5.82 Å². The molecule has 0 aliphatic heterocycles. The predicted molar refractivity (Wildman–Crippen MR) is 324 cm³/mol. The van der Waals surface area contributed by atoms with Gasteiger partial charge in [-0.05, 0) is 238 Å². The van der Waals surface area contributed by atoms with E-state index in [1.165, 1.54) is 89.0 Å². The predicted octanol–water partition coefficient (Wildman–Crippen LogP) is 19.9. The van der Waals surface area contributed by atoms with E-state index in [9.17, 15) is 5.26 Å². The largest absolute Gasteiger partial charge is 0.308 e. The number of nitriles is 1. The van der Waals surface area contributed by atoms with Gasteiger partial charge in [-0.25, -0.2) is 4.39 Å². The van der Waals surface area contributed by atoms with Crippen molar-refractivity contribution in [3.8, 4) is 73.1 Å². The lowest BCUT2D eigenvalue weighted by atomic mass is 9.92. The quantitative estimate of drug-likeness (QED) is 0.157. The lowest BCUT2D eigenvalue weighted by Gasteiger charge is -2.21. The highest BCUT2D eigenvalue weighted by molar-refractivity contribution is 6.14. The Morgan fingerprint density at radius 3 is 0.922 bits per heavy atom. The minimum Gasteiger partial charge on any atom is -0.308 e. The molecule has 77 heavy (non-hydrogen) atoms. The van der Waals surface area contributed by atoms with E-state index in [1.54, 1.807) is 12.1 Å². The minimum atomic E-state index is -0.356. The van der Waals surface area contributed by atoms with Crippen LogP contribution in [0.25, 0.3) is 111 Å². The van der Waals surface area contributed by atoms with Gasteiger partial charge in [-0.1, -0.05) is 119 Å². The number of hydrogen-bond donors (Lipinski definition) is 0. The Labute approximate surface area is 452 Å². The number of halogens is 1. The van der Waals surface area contributed by atoms with Gasteiger partial charge in [-0.2, -0.15) is 5.26 Å². The molecule has 4 heteroatoms. The third-order valence-corrected chi connectivity index (χ3v) is 16.2. The van der Waals surface area contributed by atoms with Gasteiger partial charge < -0.3 is 9.13 Å². The van der Waals surface area contributed by atoms with Crippen LogP contribution in [0.15, 0.2) is 158 Å². The second-order valence-electron chi connectivity index (χ2n) is 22.2. The Morgan fingerprint density at radius 1 is 0.299 bits per heavy atom. The van der Waals surface area contributed by atoms with Crippen molar-refractivity contribution in [3.05, 3.63) is 236 Å². The number of benzene rings is 10. The van der Waals surface area contributed by atoms with Gasteiger partial charge >= 0.3 is 0 Å². The van der Waals surface area contributed by atoms with Gasteiger partial charge in [0.05, 0.1) is 45.1 Å².